The van der Waals surface area contributed by atoms with Crippen LogP contribution >= 0.6 is 0 Å². The van der Waals surface area contributed by atoms with E-state index in [1.54, 1.807) is 0 Å². The van der Waals surface area contributed by atoms with Crippen molar-refractivity contribution in [3.8, 4) is 0 Å². The van der Waals surface area contributed by atoms with Crippen LogP contribution in [0, 0.1) is 13.8 Å². The number of hydrogen-bond donors (Lipinski definition) is 0. The summed E-state index contributed by atoms with van der Waals surface area (Å²) in [5, 5.41) is 0. The summed E-state index contributed by atoms with van der Waals surface area (Å²) in [6.07, 6.45) is 0. The van der Waals surface area contributed by atoms with E-state index in [0.717, 1.165) is 0 Å². The molecule has 0 amide bonds. The Labute approximate surface area is 131 Å². The number of rotatable bonds is 3. The van der Waals surface area contributed by atoms with Crippen LogP contribution in [0.15, 0.2) is 42.5 Å². The average Bonchev–Trinajstić information content (AvgIpc) is 2.41. The maximum absolute atomic E-state index is 2.38. The van der Waals surface area contributed by atoms with Gasteiger partial charge >= 0.3 is 0 Å². The number of aryl methyl sites for hydroxylation is 2. The van der Waals surface area contributed by atoms with Crippen LogP contribution in [0.3, 0.4) is 0 Å². The summed E-state index contributed by atoms with van der Waals surface area (Å²) in [6, 6.07) is 15.5. The summed E-state index contributed by atoms with van der Waals surface area (Å²) in [7, 11) is 2.25. The lowest BCUT2D eigenvalue weighted by atomic mass is 9.58. The summed E-state index contributed by atoms with van der Waals surface area (Å²) < 4.78 is 0. The predicted molar refractivity (Wildman–Crippen MR) is 96.6 cm³/mol. The van der Waals surface area contributed by atoms with E-state index in [-0.39, 0.29) is 10.8 Å². The Kier molecular flexibility index (Phi) is 4.06. The van der Waals surface area contributed by atoms with Gasteiger partial charge < -0.3 is 0 Å². The first-order valence-electron chi connectivity index (χ1n) is 7.82. The molecule has 0 saturated carbocycles. The van der Waals surface area contributed by atoms with Crippen LogP contribution in [0.4, 0.5) is 0 Å². The van der Waals surface area contributed by atoms with Gasteiger partial charge in [0.25, 0.3) is 0 Å². The van der Waals surface area contributed by atoms with Gasteiger partial charge in [0.15, 0.2) is 0 Å². The third-order valence-corrected chi connectivity index (χ3v) is 5.66. The van der Waals surface area contributed by atoms with Crippen molar-refractivity contribution < 1.29 is 0 Å². The third kappa shape index (κ3) is 2.55. The molecule has 1 heteroatoms. The van der Waals surface area contributed by atoms with Gasteiger partial charge in [-0.15, -0.1) is 0 Å². The quantitative estimate of drug-likeness (QED) is 0.749. The van der Waals surface area contributed by atoms with Crippen molar-refractivity contribution in [2.24, 2.45) is 0 Å². The van der Waals surface area contributed by atoms with E-state index in [1.807, 2.05) is 0 Å². The highest BCUT2D eigenvalue weighted by Crippen LogP contribution is 2.44. The van der Waals surface area contributed by atoms with Crippen molar-refractivity contribution in [1.29, 1.82) is 0 Å². The van der Waals surface area contributed by atoms with E-state index < -0.39 is 0 Å². The summed E-state index contributed by atoms with van der Waals surface area (Å²) in [4.78, 5) is 0. The van der Waals surface area contributed by atoms with Crippen molar-refractivity contribution in [3.05, 3.63) is 64.7 Å². The first-order valence-corrected chi connectivity index (χ1v) is 7.82. The van der Waals surface area contributed by atoms with Gasteiger partial charge in [-0.1, -0.05) is 81.2 Å². The molecule has 0 unspecified atom stereocenters. The molecule has 0 nitrogen and oxygen atoms in total. The van der Waals surface area contributed by atoms with Gasteiger partial charge in [0.1, 0.15) is 7.85 Å². The lowest BCUT2D eigenvalue weighted by Crippen LogP contribution is -2.44. The van der Waals surface area contributed by atoms with Gasteiger partial charge in [0.2, 0.25) is 0 Å². The molecule has 0 spiro atoms. The molecule has 0 atom stereocenters. The second-order valence-corrected chi connectivity index (χ2v) is 7.31. The maximum Gasteiger partial charge on any atom is 0.140 e. The van der Waals surface area contributed by atoms with Gasteiger partial charge in [-0.2, -0.15) is 0 Å². The highest BCUT2D eigenvalue weighted by Gasteiger charge is 2.41. The minimum atomic E-state index is 0.0647. The van der Waals surface area contributed by atoms with Crippen LogP contribution < -0.4 is 5.46 Å². The largest absolute Gasteiger partial charge is 0.140 e. The molecule has 0 fully saturated rings. The molecule has 21 heavy (non-hydrogen) atoms. The SMILES string of the molecule is Bc1c(C)cccc1C(C)(C)C(C)(C)c1ccccc1C. The summed E-state index contributed by atoms with van der Waals surface area (Å²) in [6.45, 7) is 13.9. The first-order chi connectivity index (χ1) is 9.69. The van der Waals surface area contributed by atoms with Crippen LogP contribution in [0.2, 0.25) is 0 Å². The van der Waals surface area contributed by atoms with Gasteiger partial charge in [-0.25, -0.2) is 0 Å². The molecule has 0 aromatic heterocycles. The highest BCUT2D eigenvalue weighted by atomic mass is 14.4. The molecule has 0 N–H and O–H groups in total. The van der Waals surface area contributed by atoms with Crippen molar-refractivity contribution in [2.45, 2.75) is 52.4 Å². The Morgan fingerprint density at radius 2 is 1.14 bits per heavy atom. The fourth-order valence-electron chi connectivity index (χ4n) is 3.38. The van der Waals surface area contributed by atoms with Gasteiger partial charge in [0.05, 0.1) is 0 Å². The van der Waals surface area contributed by atoms with E-state index in [9.17, 15) is 0 Å². The van der Waals surface area contributed by atoms with Gasteiger partial charge in [0, 0.05) is 0 Å². The molecule has 0 radical (unpaired) electrons. The zero-order valence-corrected chi connectivity index (χ0v) is 14.5. The maximum atomic E-state index is 2.38. The van der Waals surface area contributed by atoms with Crippen LogP contribution in [-0.4, -0.2) is 7.85 Å². The lowest BCUT2D eigenvalue weighted by Gasteiger charge is -2.44. The fourth-order valence-corrected chi connectivity index (χ4v) is 3.38. The van der Waals surface area contributed by atoms with Crippen molar-refractivity contribution in [3.63, 3.8) is 0 Å². The minimum absolute atomic E-state index is 0.0647. The van der Waals surface area contributed by atoms with Gasteiger partial charge in [-0.05, 0) is 41.4 Å². The minimum Gasteiger partial charge on any atom is -0.0824 e. The summed E-state index contributed by atoms with van der Waals surface area (Å²) in [5.41, 5.74) is 7.20. The first kappa shape index (κ1) is 15.9. The highest BCUT2D eigenvalue weighted by molar-refractivity contribution is 6.34. The topological polar surface area (TPSA) is 0 Å². The van der Waals surface area contributed by atoms with Crippen LogP contribution in [0.1, 0.15) is 49.9 Å². The van der Waals surface area contributed by atoms with Crippen LogP contribution in [0.25, 0.3) is 0 Å². The van der Waals surface area contributed by atoms with E-state index in [1.165, 1.54) is 27.7 Å². The number of benzene rings is 2. The second-order valence-electron chi connectivity index (χ2n) is 7.31. The number of hydrogen-bond acceptors (Lipinski definition) is 0. The molecule has 2 rings (SSSR count). The average molecular weight is 278 g/mol. The third-order valence-electron chi connectivity index (χ3n) is 5.66. The normalized spacial score (nSPS) is 12.5. The molecular formula is C20H27B. The van der Waals surface area contributed by atoms with E-state index in [2.05, 4.69) is 91.9 Å². The lowest BCUT2D eigenvalue weighted by molar-refractivity contribution is 0.303. The molecular weight excluding hydrogens is 251 g/mol. The van der Waals surface area contributed by atoms with Crippen LogP contribution in [0.5, 0.6) is 0 Å². The summed E-state index contributed by atoms with van der Waals surface area (Å²) in [5.74, 6) is 0. The zero-order chi connectivity index (χ0) is 15.8. The van der Waals surface area contributed by atoms with Gasteiger partial charge in [-0.3, -0.25) is 0 Å². The van der Waals surface area contributed by atoms with Crippen LogP contribution in [-0.2, 0) is 10.8 Å². The second kappa shape index (κ2) is 5.37. The standard InChI is InChI=1S/C20H27B/c1-14-10-7-8-12-16(14)19(3,4)20(5,6)17-13-9-11-15(2)18(17)21/h7-13H,21H2,1-6H3. The summed E-state index contributed by atoms with van der Waals surface area (Å²) >= 11 is 0. The van der Waals surface area contributed by atoms with E-state index >= 15 is 0 Å². The molecule has 0 aliphatic heterocycles. The van der Waals surface area contributed by atoms with Crippen molar-refractivity contribution >= 4 is 13.3 Å². The fraction of sp³-hybridized carbons (Fsp3) is 0.400. The Morgan fingerprint density at radius 3 is 1.76 bits per heavy atom. The molecule has 0 aliphatic carbocycles. The monoisotopic (exact) mass is 278 g/mol. The molecule has 0 bridgehead atoms. The predicted octanol–water partition coefficient (Wildman–Crippen LogP) is 3.82. The smallest absolute Gasteiger partial charge is 0.0824 e. The zero-order valence-electron chi connectivity index (χ0n) is 14.5. The Hall–Kier alpha value is -1.50. The van der Waals surface area contributed by atoms with E-state index in [4.69, 9.17) is 0 Å². The Morgan fingerprint density at radius 1 is 0.667 bits per heavy atom. The Bertz CT molecular complexity index is 651. The van der Waals surface area contributed by atoms with Crippen molar-refractivity contribution in [2.75, 3.05) is 0 Å². The molecule has 2 aromatic rings. The Balaban J connectivity index is 2.62. The molecule has 0 saturated heterocycles. The van der Waals surface area contributed by atoms with Crippen molar-refractivity contribution in [1.82, 2.24) is 0 Å². The molecule has 0 heterocycles. The molecule has 110 valence electrons. The van der Waals surface area contributed by atoms with E-state index in [0.29, 0.717) is 0 Å². The molecule has 2 aromatic carbocycles. The molecule has 0 aliphatic rings.